The van der Waals surface area contributed by atoms with Crippen LogP contribution < -0.4 is 5.73 Å². The first-order valence-electron chi connectivity index (χ1n) is 4.79. The average Bonchev–Trinajstić information content (AvgIpc) is 2.46. The summed E-state index contributed by atoms with van der Waals surface area (Å²) in [4.78, 5) is 3.34. The van der Waals surface area contributed by atoms with E-state index in [1.54, 1.807) is 0 Å². The molecule has 0 aliphatic carbocycles. The number of benzene rings is 1. The third-order valence-electron chi connectivity index (χ3n) is 2.55. The zero-order chi connectivity index (χ0) is 11.0. The molecule has 0 bridgehead atoms. The Morgan fingerprint density at radius 1 is 1.47 bits per heavy atom. The Kier molecular flexibility index (Phi) is 3.05. The van der Waals surface area contributed by atoms with Crippen molar-refractivity contribution < 1.29 is 0 Å². The van der Waals surface area contributed by atoms with E-state index in [2.05, 4.69) is 27.8 Å². The van der Waals surface area contributed by atoms with Crippen molar-refractivity contribution in [2.45, 2.75) is 13.3 Å². The molecule has 15 heavy (non-hydrogen) atoms. The molecule has 0 fully saturated rings. The topological polar surface area (TPSA) is 41.8 Å². The van der Waals surface area contributed by atoms with Crippen molar-refractivity contribution in [2.75, 3.05) is 6.54 Å². The minimum atomic E-state index is 0.654. The van der Waals surface area contributed by atoms with Gasteiger partial charge in [-0.2, -0.15) is 0 Å². The lowest BCUT2D eigenvalue weighted by Gasteiger charge is -2.00. The van der Waals surface area contributed by atoms with Crippen molar-refractivity contribution in [3.05, 3.63) is 32.9 Å². The standard InChI is InChI=1S/C11H12BrClN2/c1-6-7(2-3-14)8-4-10(13)9(12)5-11(8)15-6/h4-5,15H,2-3,14H2,1H3. The molecule has 1 heterocycles. The van der Waals surface area contributed by atoms with E-state index < -0.39 is 0 Å². The summed E-state index contributed by atoms with van der Waals surface area (Å²) in [5.41, 5.74) is 9.13. The summed E-state index contributed by atoms with van der Waals surface area (Å²) >= 11 is 9.49. The van der Waals surface area contributed by atoms with Gasteiger partial charge in [0.15, 0.2) is 0 Å². The summed E-state index contributed by atoms with van der Waals surface area (Å²) in [6, 6.07) is 3.99. The van der Waals surface area contributed by atoms with Gasteiger partial charge < -0.3 is 10.7 Å². The fourth-order valence-electron chi connectivity index (χ4n) is 1.85. The molecule has 3 N–H and O–H groups in total. The highest BCUT2D eigenvalue weighted by Gasteiger charge is 2.09. The number of nitrogens with two attached hydrogens (primary N) is 1. The second kappa shape index (κ2) is 4.16. The molecule has 0 spiro atoms. The van der Waals surface area contributed by atoms with Crippen molar-refractivity contribution in [3.8, 4) is 0 Å². The molecular weight excluding hydrogens is 275 g/mol. The summed E-state index contributed by atoms with van der Waals surface area (Å²) in [6.07, 6.45) is 0.879. The second-order valence-electron chi connectivity index (χ2n) is 3.58. The molecule has 4 heteroatoms. The smallest absolute Gasteiger partial charge is 0.0555 e. The van der Waals surface area contributed by atoms with E-state index in [1.807, 2.05) is 12.1 Å². The Morgan fingerprint density at radius 3 is 2.87 bits per heavy atom. The number of H-pyrrole nitrogens is 1. The van der Waals surface area contributed by atoms with Crippen LogP contribution in [0.25, 0.3) is 10.9 Å². The van der Waals surface area contributed by atoms with Gasteiger partial charge in [-0.15, -0.1) is 0 Å². The van der Waals surface area contributed by atoms with Crippen molar-refractivity contribution in [1.82, 2.24) is 4.98 Å². The van der Waals surface area contributed by atoms with Crippen LogP contribution in [-0.4, -0.2) is 11.5 Å². The largest absolute Gasteiger partial charge is 0.358 e. The molecular formula is C11H12BrClN2. The molecule has 1 aromatic heterocycles. The average molecular weight is 288 g/mol. The van der Waals surface area contributed by atoms with Gasteiger partial charge in [0.25, 0.3) is 0 Å². The number of aromatic nitrogens is 1. The van der Waals surface area contributed by atoms with Crippen LogP contribution in [0.5, 0.6) is 0 Å². The number of hydrogen-bond acceptors (Lipinski definition) is 1. The predicted octanol–water partition coefficient (Wildman–Crippen LogP) is 3.39. The van der Waals surface area contributed by atoms with E-state index in [0.29, 0.717) is 6.54 Å². The van der Waals surface area contributed by atoms with Crippen LogP contribution in [-0.2, 0) is 6.42 Å². The second-order valence-corrected chi connectivity index (χ2v) is 4.84. The van der Waals surface area contributed by atoms with Crippen LogP contribution in [0.3, 0.4) is 0 Å². The number of halogens is 2. The maximum absolute atomic E-state index is 6.08. The first kappa shape index (κ1) is 11.0. The normalized spacial score (nSPS) is 11.2. The van der Waals surface area contributed by atoms with E-state index in [9.17, 15) is 0 Å². The molecule has 0 amide bonds. The lowest BCUT2D eigenvalue weighted by Crippen LogP contribution is -2.03. The number of fused-ring (bicyclic) bond motifs is 1. The van der Waals surface area contributed by atoms with E-state index in [-0.39, 0.29) is 0 Å². The minimum absolute atomic E-state index is 0.654. The van der Waals surface area contributed by atoms with Crippen LogP contribution >= 0.6 is 27.5 Å². The third kappa shape index (κ3) is 1.92. The molecule has 0 saturated carbocycles. The van der Waals surface area contributed by atoms with E-state index in [0.717, 1.165) is 21.4 Å². The fourth-order valence-corrected chi connectivity index (χ4v) is 2.35. The minimum Gasteiger partial charge on any atom is -0.358 e. The predicted molar refractivity (Wildman–Crippen MR) is 68.5 cm³/mol. The maximum Gasteiger partial charge on any atom is 0.0555 e. The molecule has 0 unspecified atom stereocenters. The quantitative estimate of drug-likeness (QED) is 0.873. The number of nitrogens with one attached hydrogen (secondary N) is 1. The number of aromatic amines is 1. The van der Waals surface area contributed by atoms with E-state index in [1.165, 1.54) is 16.6 Å². The molecule has 0 atom stereocenters. The summed E-state index contributed by atoms with van der Waals surface area (Å²) in [7, 11) is 0. The highest BCUT2D eigenvalue weighted by Crippen LogP contribution is 2.31. The van der Waals surface area contributed by atoms with Gasteiger partial charge >= 0.3 is 0 Å². The molecule has 0 radical (unpaired) electrons. The Balaban J connectivity index is 2.70. The van der Waals surface area contributed by atoms with Crippen molar-refractivity contribution in [1.29, 1.82) is 0 Å². The Labute approximate surface area is 102 Å². The number of hydrogen-bond donors (Lipinski definition) is 2. The summed E-state index contributed by atoms with van der Waals surface area (Å²) in [5.74, 6) is 0. The van der Waals surface area contributed by atoms with Gasteiger partial charge in [-0.25, -0.2) is 0 Å². The number of rotatable bonds is 2. The summed E-state index contributed by atoms with van der Waals surface area (Å²) < 4.78 is 0.914. The Hall–Kier alpha value is -0.510. The monoisotopic (exact) mass is 286 g/mol. The van der Waals surface area contributed by atoms with Gasteiger partial charge in [0.2, 0.25) is 0 Å². The van der Waals surface area contributed by atoms with Crippen molar-refractivity contribution in [2.24, 2.45) is 5.73 Å². The Morgan fingerprint density at radius 2 is 2.20 bits per heavy atom. The van der Waals surface area contributed by atoms with Gasteiger partial charge in [0, 0.05) is 21.1 Å². The van der Waals surface area contributed by atoms with Crippen LogP contribution in [0.2, 0.25) is 5.02 Å². The van der Waals surface area contributed by atoms with Gasteiger partial charge in [-0.05, 0) is 53.5 Å². The van der Waals surface area contributed by atoms with E-state index >= 15 is 0 Å². The molecule has 1 aromatic carbocycles. The lowest BCUT2D eigenvalue weighted by molar-refractivity contribution is 0.963. The van der Waals surface area contributed by atoms with Gasteiger partial charge in [0.1, 0.15) is 0 Å². The number of aryl methyl sites for hydroxylation is 1. The first-order chi connectivity index (χ1) is 7.13. The van der Waals surface area contributed by atoms with E-state index in [4.69, 9.17) is 17.3 Å². The van der Waals surface area contributed by atoms with Crippen molar-refractivity contribution >= 4 is 38.4 Å². The molecule has 0 saturated heterocycles. The third-order valence-corrected chi connectivity index (χ3v) is 3.75. The molecule has 2 aromatic rings. The van der Waals surface area contributed by atoms with Gasteiger partial charge in [-0.1, -0.05) is 11.6 Å². The fraction of sp³-hybridized carbons (Fsp3) is 0.273. The zero-order valence-corrected chi connectivity index (χ0v) is 10.7. The maximum atomic E-state index is 6.08. The molecule has 2 nitrogen and oxygen atoms in total. The van der Waals surface area contributed by atoms with Crippen LogP contribution in [0.1, 0.15) is 11.3 Å². The van der Waals surface area contributed by atoms with Gasteiger partial charge in [0.05, 0.1) is 5.02 Å². The highest BCUT2D eigenvalue weighted by atomic mass is 79.9. The van der Waals surface area contributed by atoms with Crippen LogP contribution in [0, 0.1) is 6.92 Å². The highest BCUT2D eigenvalue weighted by molar-refractivity contribution is 9.10. The van der Waals surface area contributed by atoms with Crippen LogP contribution in [0.15, 0.2) is 16.6 Å². The lowest BCUT2D eigenvalue weighted by atomic mass is 10.1. The Bertz CT molecular complexity index is 505. The summed E-state index contributed by atoms with van der Waals surface area (Å²) in [6.45, 7) is 2.72. The summed E-state index contributed by atoms with van der Waals surface area (Å²) in [5, 5.41) is 1.91. The van der Waals surface area contributed by atoms with Crippen molar-refractivity contribution in [3.63, 3.8) is 0 Å². The molecule has 80 valence electrons. The zero-order valence-electron chi connectivity index (χ0n) is 8.40. The molecule has 2 rings (SSSR count). The molecule has 0 aliphatic rings. The molecule has 0 aliphatic heterocycles. The first-order valence-corrected chi connectivity index (χ1v) is 5.97. The SMILES string of the molecule is Cc1[nH]c2cc(Br)c(Cl)cc2c1CCN. The van der Waals surface area contributed by atoms with Crippen LogP contribution in [0.4, 0.5) is 0 Å². The van der Waals surface area contributed by atoms with Gasteiger partial charge in [-0.3, -0.25) is 0 Å².